The lowest BCUT2D eigenvalue weighted by atomic mass is 9.62. The largest absolute Gasteiger partial charge is 0.389 e. The van der Waals surface area contributed by atoms with Gasteiger partial charge in [0, 0.05) is 0 Å². The van der Waals surface area contributed by atoms with Gasteiger partial charge in [-0.1, -0.05) is 56.2 Å². The van der Waals surface area contributed by atoms with Crippen molar-refractivity contribution in [3.63, 3.8) is 0 Å². The van der Waals surface area contributed by atoms with E-state index >= 15 is 0 Å². The molecule has 0 aromatic rings. The molecule has 0 radical (unpaired) electrons. The Morgan fingerprint density at radius 1 is 1.11 bits per heavy atom. The van der Waals surface area contributed by atoms with Gasteiger partial charge in [0.2, 0.25) is 0 Å². The number of aliphatic hydroxyl groups excluding tert-OH is 3. The standard InChI is InChI=1S/C24H38O3/c1-6-21(26)20-13-11-17(3)23(24(20,4)5)22(27)14-12-19(25)15-18-10-8-7-9-16(18)2/h6,12,14,18-22,25-27H,1-2,7-11,13,15H2,3-5H3/t18?,19-,20+,21+,22+/m1/s1. The van der Waals surface area contributed by atoms with Gasteiger partial charge in [-0.15, -0.1) is 6.58 Å². The molecule has 1 saturated carbocycles. The van der Waals surface area contributed by atoms with E-state index in [1.54, 1.807) is 18.2 Å². The van der Waals surface area contributed by atoms with Crippen LogP contribution in [0.2, 0.25) is 0 Å². The highest BCUT2D eigenvalue weighted by Gasteiger charge is 2.42. The quantitative estimate of drug-likeness (QED) is 0.566. The summed E-state index contributed by atoms with van der Waals surface area (Å²) in [5.74, 6) is 0.418. The monoisotopic (exact) mass is 374 g/mol. The summed E-state index contributed by atoms with van der Waals surface area (Å²) in [6.45, 7) is 14.1. The maximum atomic E-state index is 10.9. The van der Waals surface area contributed by atoms with Crippen molar-refractivity contribution in [3.8, 4) is 0 Å². The summed E-state index contributed by atoms with van der Waals surface area (Å²) < 4.78 is 0. The van der Waals surface area contributed by atoms with E-state index in [1.165, 1.54) is 24.0 Å². The molecule has 152 valence electrons. The average Bonchev–Trinajstić information content (AvgIpc) is 2.60. The lowest BCUT2D eigenvalue weighted by molar-refractivity contribution is 0.0586. The molecule has 27 heavy (non-hydrogen) atoms. The zero-order valence-electron chi connectivity index (χ0n) is 17.3. The van der Waals surface area contributed by atoms with Crippen molar-refractivity contribution in [2.45, 2.75) is 84.0 Å². The number of aliphatic hydroxyl groups is 3. The molecule has 3 N–H and O–H groups in total. The van der Waals surface area contributed by atoms with Crippen molar-refractivity contribution in [2.75, 3.05) is 0 Å². The smallest absolute Gasteiger partial charge is 0.0940 e. The second-order valence-electron chi connectivity index (χ2n) is 9.02. The Labute approximate surface area is 165 Å². The third-order valence-electron chi connectivity index (χ3n) is 6.78. The van der Waals surface area contributed by atoms with Crippen molar-refractivity contribution < 1.29 is 15.3 Å². The van der Waals surface area contributed by atoms with Crippen molar-refractivity contribution in [1.82, 2.24) is 0 Å². The van der Waals surface area contributed by atoms with Gasteiger partial charge in [-0.3, -0.25) is 0 Å². The molecule has 0 aliphatic heterocycles. The van der Waals surface area contributed by atoms with Crippen molar-refractivity contribution in [1.29, 1.82) is 0 Å². The summed E-state index contributed by atoms with van der Waals surface area (Å²) in [7, 11) is 0. The highest BCUT2D eigenvalue weighted by molar-refractivity contribution is 5.31. The Morgan fingerprint density at radius 3 is 2.44 bits per heavy atom. The van der Waals surface area contributed by atoms with Crippen LogP contribution in [0.1, 0.15) is 65.7 Å². The SMILES string of the molecule is C=C[C@H](O)[C@@H]1CCC(C)=C([C@@H](O)C=C[C@@H](O)CC2CCCCC2=C)C1(C)C. The Kier molecular flexibility index (Phi) is 7.67. The average molecular weight is 375 g/mol. The summed E-state index contributed by atoms with van der Waals surface area (Å²) in [6.07, 6.45) is 10.2. The molecule has 0 aromatic heterocycles. The molecular formula is C24H38O3. The van der Waals surface area contributed by atoms with Crippen LogP contribution in [0.4, 0.5) is 0 Å². The molecule has 2 aliphatic carbocycles. The van der Waals surface area contributed by atoms with E-state index in [0.717, 1.165) is 31.3 Å². The van der Waals surface area contributed by atoms with Gasteiger partial charge in [-0.25, -0.2) is 0 Å². The molecule has 3 heteroatoms. The van der Waals surface area contributed by atoms with Gasteiger partial charge in [-0.2, -0.15) is 0 Å². The molecule has 0 aromatic carbocycles. The minimum atomic E-state index is -0.746. The zero-order chi connectivity index (χ0) is 20.2. The van der Waals surface area contributed by atoms with Gasteiger partial charge in [0.1, 0.15) is 0 Å². The fraction of sp³-hybridized carbons (Fsp3) is 0.667. The first-order valence-electron chi connectivity index (χ1n) is 10.4. The number of rotatable bonds is 7. The molecule has 3 nitrogen and oxygen atoms in total. The molecule has 2 rings (SSSR count). The summed E-state index contributed by atoms with van der Waals surface area (Å²) in [5.41, 5.74) is 3.06. The van der Waals surface area contributed by atoms with Crippen LogP contribution in [0.3, 0.4) is 0 Å². The van der Waals surface area contributed by atoms with Crippen LogP contribution in [0.5, 0.6) is 0 Å². The van der Waals surface area contributed by atoms with Gasteiger partial charge in [0.15, 0.2) is 0 Å². The van der Waals surface area contributed by atoms with E-state index in [0.29, 0.717) is 12.3 Å². The second-order valence-corrected chi connectivity index (χ2v) is 9.02. The normalized spacial score (nSPS) is 29.6. The van der Waals surface area contributed by atoms with E-state index in [-0.39, 0.29) is 11.3 Å². The lowest BCUT2D eigenvalue weighted by Crippen LogP contribution is -2.41. The number of allylic oxidation sites excluding steroid dienone is 2. The van der Waals surface area contributed by atoms with E-state index in [4.69, 9.17) is 0 Å². The van der Waals surface area contributed by atoms with E-state index in [2.05, 4.69) is 33.9 Å². The van der Waals surface area contributed by atoms with Gasteiger partial charge in [0.25, 0.3) is 0 Å². The Hall–Kier alpha value is -1.16. The summed E-state index contributed by atoms with van der Waals surface area (Å²) in [6, 6.07) is 0. The summed E-state index contributed by atoms with van der Waals surface area (Å²) >= 11 is 0. The van der Waals surface area contributed by atoms with Gasteiger partial charge < -0.3 is 15.3 Å². The first-order valence-corrected chi connectivity index (χ1v) is 10.4. The molecule has 0 spiro atoms. The fourth-order valence-corrected chi connectivity index (χ4v) is 5.15. The highest BCUT2D eigenvalue weighted by Crippen LogP contribution is 2.47. The Balaban J connectivity index is 2.08. The minimum absolute atomic E-state index is 0.0345. The third-order valence-corrected chi connectivity index (χ3v) is 6.78. The van der Waals surface area contributed by atoms with Crippen molar-refractivity contribution >= 4 is 0 Å². The number of hydrogen-bond donors (Lipinski definition) is 3. The topological polar surface area (TPSA) is 60.7 Å². The molecule has 1 unspecified atom stereocenters. The van der Waals surface area contributed by atoms with Crippen LogP contribution in [0, 0.1) is 17.3 Å². The first-order chi connectivity index (χ1) is 12.7. The van der Waals surface area contributed by atoms with Crippen LogP contribution in [-0.2, 0) is 0 Å². The number of hydrogen-bond acceptors (Lipinski definition) is 3. The molecule has 0 saturated heterocycles. The van der Waals surface area contributed by atoms with E-state index in [1.807, 2.05) is 0 Å². The van der Waals surface area contributed by atoms with Crippen LogP contribution < -0.4 is 0 Å². The Bertz CT molecular complexity index is 599. The predicted molar refractivity (Wildman–Crippen MR) is 112 cm³/mol. The first kappa shape index (κ1) is 22.1. The van der Waals surface area contributed by atoms with Gasteiger partial charge in [0.05, 0.1) is 18.3 Å². The van der Waals surface area contributed by atoms with Crippen LogP contribution in [0.15, 0.2) is 48.1 Å². The Morgan fingerprint density at radius 2 is 1.81 bits per heavy atom. The van der Waals surface area contributed by atoms with Gasteiger partial charge in [-0.05, 0) is 68.3 Å². The molecule has 1 fully saturated rings. The predicted octanol–water partition coefficient (Wildman–Crippen LogP) is 4.70. The zero-order valence-corrected chi connectivity index (χ0v) is 17.3. The fourth-order valence-electron chi connectivity index (χ4n) is 5.15. The summed E-state index contributed by atoms with van der Waals surface area (Å²) in [5, 5.41) is 31.7. The third kappa shape index (κ3) is 5.22. The van der Waals surface area contributed by atoms with Crippen LogP contribution in [-0.4, -0.2) is 33.6 Å². The second kappa shape index (κ2) is 9.36. The van der Waals surface area contributed by atoms with E-state index in [9.17, 15) is 15.3 Å². The molecule has 5 atom stereocenters. The molecule has 0 bridgehead atoms. The van der Waals surface area contributed by atoms with Crippen LogP contribution >= 0.6 is 0 Å². The minimum Gasteiger partial charge on any atom is -0.389 e. The molecule has 0 heterocycles. The van der Waals surface area contributed by atoms with Crippen molar-refractivity contribution in [3.05, 3.63) is 48.1 Å². The van der Waals surface area contributed by atoms with Crippen LogP contribution in [0.25, 0.3) is 0 Å². The van der Waals surface area contributed by atoms with E-state index < -0.39 is 18.3 Å². The summed E-state index contributed by atoms with van der Waals surface area (Å²) in [4.78, 5) is 0. The molecule has 2 aliphatic rings. The molecule has 0 amide bonds. The molecular weight excluding hydrogens is 336 g/mol. The highest BCUT2D eigenvalue weighted by atomic mass is 16.3. The van der Waals surface area contributed by atoms with Crippen molar-refractivity contribution in [2.24, 2.45) is 17.3 Å². The van der Waals surface area contributed by atoms with Gasteiger partial charge >= 0.3 is 0 Å². The maximum Gasteiger partial charge on any atom is 0.0940 e. The maximum absolute atomic E-state index is 10.9. The lowest BCUT2D eigenvalue weighted by Gasteiger charge is -2.44.